The highest BCUT2D eigenvalue weighted by Crippen LogP contribution is 2.31. The molecule has 4 rings (SSSR count). The topological polar surface area (TPSA) is 95.2 Å². The summed E-state index contributed by atoms with van der Waals surface area (Å²) in [5, 5.41) is 3.26. The second kappa shape index (κ2) is 9.71. The minimum Gasteiger partial charge on any atom is -0.497 e. The lowest BCUT2D eigenvalue weighted by atomic mass is 10.1. The molecule has 1 N–H and O–H groups in total. The maximum Gasteiger partial charge on any atom is 0.223 e. The molecule has 0 amide bonds. The predicted molar refractivity (Wildman–Crippen MR) is 117 cm³/mol. The van der Waals surface area contributed by atoms with Gasteiger partial charge in [0.15, 0.2) is 0 Å². The van der Waals surface area contributed by atoms with E-state index in [1.54, 1.807) is 38.2 Å². The highest BCUT2D eigenvalue weighted by atomic mass is 16.5. The summed E-state index contributed by atoms with van der Waals surface area (Å²) in [7, 11) is 1.64. The zero-order valence-corrected chi connectivity index (χ0v) is 17.4. The number of nitrogens with one attached hydrogen (secondary N) is 1. The van der Waals surface area contributed by atoms with Gasteiger partial charge in [0.1, 0.15) is 17.3 Å². The zero-order chi connectivity index (χ0) is 21.5. The molecule has 8 heteroatoms. The maximum atomic E-state index is 5.75. The third-order valence-electron chi connectivity index (χ3n) is 4.67. The van der Waals surface area contributed by atoms with Crippen LogP contribution in [-0.4, -0.2) is 40.2 Å². The second-order valence-electron chi connectivity index (χ2n) is 6.74. The first-order chi connectivity index (χ1) is 15.2. The second-order valence-corrected chi connectivity index (χ2v) is 6.74. The Labute approximate surface area is 180 Å². The van der Waals surface area contributed by atoms with Crippen LogP contribution in [0.2, 0.25) is 0 Å². The molecule has 4 aromatic rings. The van der Waals surface area contributed by atoms with E-state index in [1.807, 2.05) is 37.3 Å². The molecule has 0 atom stereocenters. The first-order valence-electron chi connectivity index (χ1n) is 9.93. The van der Waals surface area contributed by atoms with Crippen molar-refractivity contribution in [1.82, 2.24) is 19.9 Å². The highest BCUT2D eigenvalue weighted by Gasteiger charge is 2.16. The fourth-order valence-electron chi connectivity index (χ4n) is 3.06. The van der Waals surface area contributed by atoms with Gasteiger partial charge in [-0.15, -0.1) is 0 Å². The Kier molecular flexibility index (Phi) is 6.37. The van der Waals surface area contributed by atoms with E-state index in [-0.39, 0.29) is 0 Å². The van der Waals surface area contributed by atoms with E-state index in [2.05, 4.69) is 20.3 Å². The molecule has 0 aliphatic rings. The molecule has 31 heavy (non-hydrogen) atoms. The summed E-state index contributed by atoms with van der Waals surface area (Å²) in [6, 6.07) is 9.42. The summed E-state index contributed by atoms with van der Waals surface area (Å²) >= 11 is 0. The van der Waals surface area contributed by atoms with Crippen LogP contribution in [0.3, 0.4) is 0 Å². The van der Waals surface area contributed by atoms with Crippen molar-refractivity contribution in [3.8, 4) is 34.0 Å². The van der Waals surface area contributed by atoms with Crippen LogP contribution < -0.4 is 14.8 Å². The SMILES string of the molecule is COc1ccc(OCCCNc2ncc(-c3cnccn3)c(-c3ccoc3C)n2)cc1. The van der Waals surface area contributed by atoms with Crippen molar-refractivity contribution in [3.63, 3.8) is 0 Å². The number of furan rings is 1. The lowest BCUT2D eigenvalue weighted by molar-refractivity contribution is 0.314. The molecule has 8 nitrogen and oxygen atoms in total. The van der Waals surface area contributed by atoms with Crippen molar-refractivity contribution in [1.29, 1.82) is 0 Å². The van der Waals surface area contributed by atoms with E-state index >= 15 is 0 Å². The predicted octanol–water partition coefficient (Wildman–Crippen LogP) is 4.39. The first kappa shape index (κ1) is 20.3. The van der Waals surface area contributed by atoms with Gasteiger partial charge in [-0.05, 0) is 43.7 Å². The number of anilines is 1. The van der Waals surface area contributed by atoms with Gasteiger partial charge in [-0.3, -0.25) is 9.97 Å². The molecule has 0 bridgehead atoms. The number of rotatable bonds is 9. The number of aryl methyl sites for hydroxylation is 1. The van der Waals surface area contributed by atoms with Crippen molar-refractivity contribution in [2.24, 2.45) is 0 Å². The van der Waals surface area contributed by atoms with E-state index in [0.717, 1.165) is 40.5 Å². The average molecular weight is 417 g/mol. The molecule has 3 aromatic heterocycles. The fourth-order valence-corrected chi connectivity index (χ4v) is 3.06. The van der Waals surface area contributed by atoms with Gasteiger partial charge >= 0.3 is 0 Å². The van der Waals surface area contributed by atoms with Gasteiger partial charge in [-0.25, -0.2) is 9.97 Å². The number of methoxy groups -OCH3 is 1. The van der Waals surface area contributed by atoms with Crippen molar-refractivity contribution in [3.05, 3.63) is 67.1 Å². The highest BCUT2D eigenvalue weighted by molar-refractivity contribution is 5.79. The number of ether oxygens (including phenoxy) is 2. The molecule has 0 fully saturated rings. The lowest BCUT2D eigenvalue weighted by Crippen LogP contribution is -2.10. The molecule has 0 saturated carbocycles. The number of nitrogens with zero attached hydrogens (tertiary/aromatic N) is 4. The van der Waals surface area contributed by atoms with E-state index in [9.17, 15) is 0 Å². The normalized spacial score (nSPS) is 10.6. The van der Waals surface area contributed by atoms with Crippen molar-refractivity contribution in [2.45, 2.75) is 13.3 Å². The van der Waals surface area contributed by atoms with E-state index in [1.165, 1.54) is 0 Å². The molecule has 158 valence electrons. The van der Waals surface area contributed by atoms with Gasteiger partial charge in [0, 0.05) is 36.3 Å². The van der Waals surface area contributed by atoms with Crippen LogP contribution in [-0.2, 0) is 0 Å². The van der Waals surface area contributed by atoms with Crippen LogP contribution in [0.5, 0.6) is 11.5 Å². The fraction of sp³-hybridized carbons (Fsp3) is 0.217. The molecule has 0 spiro atoms. The van der Waals surface area contributed by atoms with Crippen molar-refractivity contribution < 1.29 is 13.9 Å². The molecule has 1 aromatic carbocycles. The van der Waals surface area contributed by atoms with Gasteiger partial charge in [0.25, 0.3) is 0 Å². The molecule has 0 unspecified atom stereocenters. The minimum atomic E-state index is 0.535. The Bertz CT molecular complexity index is 1110. The third-order valence-corrected chi connectivity index (χ3v) is 4.67. The monoisotopic (exact) mass is 417 g/mol. The van der Waals surface area contributed by atoms with Crippen LogP contribution in [0.1, 0.15) is 12.2 Å². The van der Waals surface area contributed by atoms with Gasteiger partial charge in [-0.1, -0.05) is 0 Å². The number of benzene rings is 1. The Morgan fingerprint density at radius 3 is 2.52 bits per heavy atom. The van der Waals surface area contributed by atoms with E-state index in [4.69, 9.17) is 18.9 Å². The summed E-state index contributed by atoms with van der Waals surface area (Å²) in [6.07, 6.45) is 9.18. The molecule has 0 radical (unpaired) electrons. The summed E-state index contributed by atoms with van der Waals surface area (Å²) in [4.78, 5) is 17.7. The van der Waals surface area contributed by atoms with E-state index in [0.29, 0.717) is 24.8 Å². The van der Waals surface area contributed by atoms with Gasteiger partial charge < -0.3 is 19.2 Å². The van der Waals surface area contributed by atoms with Crippen molar-refractivity contribution in [2.75, 3.05) is 25.6 Å². The number of aromatic nitrogens is 4. The molecule has 3 heterocycles. The average Bonchev–Trinajstić information content (AvgIpc) is 3.25. The van der Waals surface area contributed by atoms with Gasteiger partial charge in [0.2, 0.25) is 5.95 Å². The first-order valence-corrected chi connectivity index (χ1v) is 9.93. The van der Waals surface area contributed by atoms with Gasteiger partial charge in [-0.2, -0.15) is 0 Å². The Balaban J connectivity index is 1.41. The van der Waals surface area contributed by atoms with Crippen LogP contribution in [0.4, 0.5) is 5.95 Å². The standard InChI is InChI=1S/C23H23N5O3/c1-16-19(8-13-30-16)22-20(21-15-24-10-11-25-21)14-27-23(28-22)26-9-3-12-31-18-6-4-17(29-2)5-7-18/h4-8,10-11,13-15H,3,9,12H2,1-2H3,(H,26,27,28). The van der Waals surface area contributed by atoms with Gasteiger partial charge in [0.05, 0.1) is 37.6 Å². The van der Waals surface area contributed by atoms with Crippen LogP contribution in [0, 0.1) is 6.92 Å². The Morgan fingerprint density at radius 2 is 1.81 bits per heavy atom. The molecule has 0 saturated heterocycles. The summed E-state index contributed by atoms with van der Waals surface area (Å²) in [5.41, 5.74) is 3.15. The minimum absolute atomic E-state index is 0.535. The smallest absolute Gasteiger partial charge is 0.223 e. The van der Waals surface area contributed by atoms with Crippen LogP contribution in [0.25, 0.3) is 22.5 Å². The molecule has 0 aliphatic heterocycles. The maximum absolute atomic E-state index is 5.75. The van der Waals surface area contributed by atoms with Crippen LogP contribution in [0.15, 0.2) is 65.8 Å². The number of hydrogen-bond acceptors (Lipinski definition) is 8. The van der Waals surface area contributed by atoms with E-state index < -0.39 is 0 Å². The Morgan fingerprint density at radius 1 is 0.968 bits per heavy atom. The summed E-state index contributed by atoms with van der Waals surface area (Å²) in [6.45, 7) is 3.15. The molecular formula is C23H23N5O3. The third kappa shape index (κ3) is 4.98. The van der Waals surface area contributed by atoms with Crippen LogP contribution >= 0.6 is 0 Å². The lowest BCUT2D eigenvalue weighted by Gasteiger charge is -2.11. The quantitative estimate of drug-likeness (QED) is 0.401. The molecular weight excluding hydrogens is 394 g/mol. The number of hydrogen-bond donors (Lipinski definition) is 1. The largest absolute Gasteiger partial charge is 0.497 e. The summed E-state index contributed by atoms with van der Waals surface area (Å²) in [5.74, 6) is 2.93. The Hall–Kier alpha value is -3.94. The summed E-state index contributed by atoms with van der Waals surface area (Å²) < 4.78 is 16.4. The van der Waals surface area contributed by atoms with Crippen molar-refractivity contribution >= 4 is 5.95 Å². The zero-order valence-electron chi connectivity index (χ0n) is 17.4. The molecule has 0 aliphatic carbocycles.